The largest absolute Gasteiger partial charge is 0.496 e. The van der Waals surface area contributed by atoms with Crippen LogP contribution in [0.5, 0.6) is 5.75 Å². The minimum absolute atomic E-state index is 0.0148. The molecule has 0 spiro atoms. The minimum Gasteiger partial charge on any atom is -0.496 e. The van der Waals surface area contributed by atoms with E-state index in [1.165, 1.54) is 0 Å². The van der Waals surface area contributed by atoms with Gasteiger partial charge in [-0.15, -0.1) is 0 Å². The fourth-order valence-electron chi connectivity index (χ4n) is 3.24. The van der Waals surface area contributed by atoms with Crippen molar-refractivity contribution in [1.29, 1.82) is 0 Å². The number of carboxylic acid groups (broad SMARTS) is 1. The van der Waals surface area contributed by atoms with E-state index in [9.17, 15) is 9.59 Å². The van der Waals surface area contributed by atoms with Crippen LogP contribution < -0.4 is 4.74 Å². The first-order valence-corrected chi connectivity index (χ1v) is 8.04. The number of carbonyl (C=O) groups excluding carboxylic acids is 1. The third kappa shape index (κ3) is 4.24. The Morgan fingerprint density at radius 1 is 1.35 bits per heavy atom. The van der Waals surface area contributed by atoms with Crippen LogP contribution in [0.2, 0.25) is 0 Å². The Morgan fingerprint density at radius 2 is 2.04 bits per heavy atom. The van der Waals surface area contributed by atoms with Crippen LogP contribution in [0.15, 0.2) is 24.3 Å². The third-order valence-electron chi connectivity index (χ3n) is 4.57. The number of likely N-dealkylation sites (tertiary alicyclic amines) is 1. The first-order valence-electron chi connectivity index (χ1n) is 8.04. The van der Waals surface area contributed by atoms with Crippen molar-refractivity contribution < 1.29 is 19.4 Å². The van der Waals surface area contributed by atoms with Crippen molar-refractivity contribution in [3.05, 3.63) is 29.8 Å². The second kappa shape index (κ2) is 7.49. The number of para-hydroxylation sites is 1. The molecule has 5 heteroatoms. The Hall–Kier alpha value is -2.04. The van der Waals surface area contributed by atoms with Crippen LogP contribution >= 0.6 is 0 Å². The number of carbonyl (C=O) groups is 2. The van der Waals surface area contributed by atoms with Gasteiger partial charge >= 0.3 is 5.97 Å². The summed E-state index contributed by atoms with van der Waals surface area (Å²) in [5.41, 5.74) is 1.09. The first-order chi connectivity index (χ1) is 10.9. The molecule has 1 amide bonds. The highest BCUT2D eigenvalue weighted by Crippen LogP contribution is 2.26. The number of nitrogens with zero attached hydrogens (tertiary/aromatic N) is 1. The summed E-state index contributed by atoms with van der Waals surface area (Å²) >= 11 is 0. The van der Waals surface area contributed by atoms with E-state index >= 15 is 0 Å². The SMILES string of the molecule is COc1ccccc1CC(C)CC(=O)N1C[C@@H](C)[C@H](C(=O)O)C1. The summed E-state index contributed by atoms with van der Waals surface area (Å²) in [5.74, 6) is -0.173. The quantitative estimate of drug-likeness (QED) is 0.874. The van der Waals surface area contributed by atoms with Gasteiger partial charge in [-0.3, -0.25) is 9.59 Å². The van der Waals surface area contributed by atoms with E-state index < -0.39 is 11.9 Å². The van der Waals surface area contributed by atoms with Crippen molar-refractivity contribution in [3.63, 3.8) is 0 Å². The number of ether oxygens (including phenoxy) is 1. The van der Waals surface area contributed by atoms with E-state index in [1.54, 1.807) is 12.0 Å². The Kier molecular flexibility index (Phi) is 5.64. The van der Waals surface area contributed by atoms with Crippen LogP contribution in [-0.4, -0.2) is 42.1 Å². The summed E-state index contributed by atoms with van der Waals surface area (Å²) in [6.45, 7) is 4.80. The maximum atomic E-state index is 12.4. The molecule has 1 aliphatic heterocycles. The highest BCUT2D eigenvalue weighted by molar-refractivity contribution is 5.79. The smallest absolute Gasteiger partial charge is 0.308 e. The first kappa shape index (κ1) is 17.3. The van der Waals surface area contributed by atoms with Crippen LogP contribution in [0.25, 0.3) is 0 Å². The third-order valence-corrected chi connectivity index (χ3v) is 4.57. The topological polar surface area (TPSA) is 66.8 Å². The molecule has 1 aromatic carbocycles. The number of hydrogen-bond acceptors (Lipinski definition) is 3. The van der Waals surface area contributed by atoms with Crippen molar-refractivity contribution in [3.8, 4) is 5.75 Å². The molecule has 1 saturated heterocycles. The molecular formula is C18H25NO4. The van der Waals surface area contributed by atoms with Gasteiger partial charge in [-0.05, 0) is 29.9 Å². The van der Waals surface area contributed by atoms with Gasteiger partial charge in [-0.2, -0.15) is 0 Å². The van der Waals surface area contributed by atoms with Gasteiger partial charge < -0.3 is 14.7 Å². The minimum atomic E-state index is -0.810. The van der Waals surface area contributed by atoms with E-state index in [-0.39, 0.29) is 17.7 Å². The Balaban J connectivity index is 1.91. The van der Waals surface area contributed by atoms with E-state index in [1.807, 2.05) is 38.1 Å². The fourth-order valence-corrected chi connectivity index (χ4v) is 3.24. The van der Waals surface area contributed by atoms with Gasteiger partial charge in [0.05, 0.1) is 13.0 Å². The van der Waals surface area contributed by atoms with Gasteiger partial charge in [0.1, 0.15) is 5.75 Å². The van der Waals surface area contributed by atoms with Crippen LogP contribution in [0.3, 0.4) is 0 Å². The van der Waals surface area contributed by atoms with Crippen LogP contribution in [0.1, 0.15) is 25.8 Å². The lowest BCUT2D eigenvalue weighted by Gasteiger charge is -2.19. The molecule has 1 fully saturated rings. The number of rotatable bonds is 6. The lowest BCUT2D eigenvalue weighted by atomic mass is 9.97. The van der Waals surface area contributed by atoms with E-state index in [2.05, 4.69) is 0 Å². The number of amides is 1. The Morgan fingerprint density at radius 3 is 2.65 bits per heavy atom. The lowest BCUT2D eigenvalue weighted by molar-refractivity contribution is -0.142. The molecule has 1 aliphatic rings. The molecule has 1 aromatic rings. The zero-order valence-electron chi connectivity index (χ0n) is 14.0. The zero-order valence-corrected chi connectivity index (χ0v) is 14.0. The van der Waals surface area contributed by atoms with E-state index in [0.717, 1.165) is 17.7 Å². The predicted octanol–water partition coefficient (Wildman–Crippen LogP) is 2.44. The summed E-state index contributed by atoms with van der Waals surface area (Å²) in [6, 6.07) is 7.82. The van der Waals surface area contributed by atoms with Crippen molar-refractivity contribution in [1.82, 2.24) is 4.90 Å². The van der Waals surface area contributed by atoms with Gasteiger partial charge in [0.15, 0.2) is 0 Å². The Bertz CT molecular complexity index is 572. The summed E-state index contributed by atoms with van der Waals surface area (Å²) in [6.07, 6.45) is 1.19. The summed E-state index contributed by atoms with van der Waals surface area (Å²) in [5, 5.41) is 9.17. The average molecular weight is 319 g/mol. The van der Waals surface area contributed by atoms with Gasteiger partial charge in [-0.25, -0.2) is 0 Å². The molecule has 3 atom stereocenters. The molecule has 1 N–H and O–H groups in total. The van der Waals surface area contributed by atoms with E-state index in [4.69, 9.17) is 9.84 Å². The maximum absolute atomic E-state index is 12.4. The predicted molar refractivity (Wildman–Crippen MR) is 87.3 cm³/mol. The molecule has 1 heterocycles. The van der Waals surface area contributed by atoms with Crippen LogP contribution in [-0.2, 0) is 16.0 Å². The molecule has 2 rings (SSSR count). The molecule has 5 nitrogen and oxygen atoms in total. The summed E-state index contributed by atoms with van der Waals surface area (Å²) in [4.78, 5) is 25.3. The molecule has 0 saturated carbocycles. The summed E-state index contributed by atoms with van der Waals surface area (Å²) < 4.78 is 5.34. The lowest BCUT2D eigenvalue weighted by Crippen LogP contribution is -2.31. The summed E-state index contributed by atoms with van der Waals surface area (Å²) in [7, 11) is 1.65. The number of aliphatic carboxylic acids is 1. The monoisotopic (exact) mass is 319 g/mol. The van der Waals surface area contributed by atoms with Crippen LogP contribution in [0, 0.1) is 17.8 Å². The van der Waals surface area contributed by atoms with Crippen molar-refractivity contribution in [2.45, 2.75) is 26.7 Å². The van der Waals surface area contributed by atoms with Gasteiger partial charge in [0.25, 0.3) is 0 Å². The van der Waals surface area contributed by atoms with Crippen LogP contribution in [0.4, 0.5) is 0 Å². The highest BCUT2D eigenvalue weighted by atomic mass is 16.5. The molecule has 23 heavy (non-hydrogen) atoms. The molecular weight excluding hydrogens is 294 g/mol. The second-order valence-corrected chi connectivity index (χ2v) is 6.55. The second-order valence-electron chi connectivity index (χ2n) is 6.55. The molecule has 126 valence electrons. The number of benzene rings is 1. The van der Waals surface area contributed by atoms with Gasteiger partial charge in [0, 0.05) is 19.5 Å². The molecule has 0 bridgehead atoms. The standard InChI is InChI=1S/C18H25NO4/c1-12(8-14-6-4-5-7-16(14)23-3)9-17(20)19-10-13(2)15(11-19)18(21)22/h4-7,12-13,15H,8-11H2,1-3H3,(H,21,22)/t12?,13-,15-/m1/s1. The molecule has 1 unspecified atom stereocenters. The average Bonchev–Trinajstić information content (AvgIpc) is 2.90. The van der Waals surface area contributed by atoms with Crippen molar-refractivity contribution in [2.24, 2.45) is 17.8 Å². The number of methoxy groups -OCH3 is 1. The number of carboxylic acids is 1. The molecule has 0 aromatic heterocycles. The maximum Gasteiger partial charge on any atom is 0.308 e. The fraction of sp³-hybridized carbons (Fsp3) is 0.556. The Labute approximate surface area is 137 Å². The van der Waals surface area contributed by atoms with Crippen molar-refractivity contribution >= 4 is 11.9 Å². The van der Waals surface area contributed by atoms with Crippen molar-refractivity contribution in [2.75, 3.05) is 20.2 Å². The zero-order chi connectivity index (χ0) is 17.0. The number of hydrogen-bond donors (Lipinski definition) is 1. The highest BCUT2D eigenvalue weighted by Gasteiger charge is 2.36. The van der Waals surface area contributed by atoms with E-state index in [0.29, 0.717) is 19.5 Å². The van der Waals surface area contributed by atoms with Gasteiger partial charge in [-0.1, -0.05) is 32.0 Å². The normalized spacial score (nSPS) is 22.0. The van der Waals surface area contributed by atoms with Gasteiger partial charge in [0.2, 0.25) is 5.91 Å². The molecule has 0 radical (unpaired) electrons. The molecule has 0 aliphatic carbocycles.